The topological polar surface area (TPSA) is 55.8 Å². The summed E-state index contributed by atoms with van der Waals surface area (Å²) in [5.74, 6) is -0.213. The van der Waals surface area contributed by atoms with Crippen LogP contribution in [0.1, 0.15) is 181 Å². The van der Waals surface area contributed by atoms with Crippen molar-refractivity contribution in [2.24, 2.45) is 0 Å². The van der Waals surface area contributed by atoms with Gasteiger partial charge in [0.2, 0.25) is 0 Å². The summed E-state index contributed by atoms with van der Waals surface area (Å²) in [4.78, 5) is 12.2. The SMILES string of the molecule is CC/C=C\C/C=C\C/C=C\C/C=C\C/C=C\CCCCCCCCCCCC(=O)OC(CO)COCCCCCCCC/C=C\CCCC. The molecular formula is C45H78O4. The van der Waals surface area contributed by atoms with E-state index in [0.717, 1.165) is 51.4 Å². The van der Waals surface area contributed by atoms with E-state index in [1.54, 1.807) is 0 Å². The normalized spacial score (nSPS) is 13.1. The van der Waals surface area contributed by atoms with E-state index < -0.39 is 6.10 Å². The fourth-order valence-electron chi connectivity index (χ4n) is 5.45. The lowest BCUT2D eigenvalue weighted by molar-refractivity contribution is -0.154. The number of hydrogen-bond donors (Lipinski definition) is 1. The molecule has 0 radical (unpaired) electrons. The molecule has 0 aliphatic rings. The number of carbonyl (C=O) groups is 1. The molecule has 0 aliphatic heterocycles. The lowest BCUT2D eigenvalue weighted by atomic mass is 10.1. The van der Waals surface area contributed by atoms with Gasteiger partial charge in [0.25, 0.3) is 0 Å². The molecule has 4 heteroatoms. The number of aliphatic hydroxyl groups is 1. The molecule has 0 rings (SSSR count). The Morgan fingerprint density at radius 1 is 0.510 bits per heavy atom. The van der Waals surface area contributed by atoms with Crippen LogP contribution in [-0.2, 0) is 14.3 Å². The minimum Gasteiger partial charge on any atom is -0.457 e. The van der Waals surface area contributed by atoms with Crippen molar-refractivity contribution in [3.63, 3.8) is 0 Å². The van der Waals surface area contributed by atoms with Crippen LogP contribution in [0.15, 0.2) is 72.9 Å². The lowest BCUT2D eigenvalue weighted by Gasteiger charge is -2.15. The third kappa shape index (κ3) is 40.1. The van der Waals surface area contributed by atoms with E-state index in [1.807, 2.05) is 0 Å². The highest BCUT2D eigenvalue weighted by molar-refractivity contribution is 5.69. The molecule has 4 nitrogen and oxygen atoms in total. The van der Waals surface area contributed by atoms with Crippen LogP contribution in [0.2, 0.25) is 0 Å². The first-order chi connectivity index (χ1) is 24.2. The Hall–Kier alpha value is -2.17. The average Bonchev–Trinajstić information content (AvgIpc) is 3.11. The van der Waals surface area contributed by atoms with E-state index in [9.17, 15) is 9.90 Å². The zero-order valence-corrected chi connectivity index (χ0v) is 32.2. The second-order valence-corrected chi connectivity index (χ2v) is 13.3. The fourth-order valence-corrected chi connectivity index (χ4v) is 5.45. The standard InChI is InChI=1S/C45H78O4/c1-3-5-7-9-11-13-15-17-18-19-20-21-22-23-24-25-26-27-28-29-30-32-34-36-38-40-45(47)49-44(42-46)43-48-41-39-37-35-33-31-16-14-12-10-8-6-4-2/h5,7,10-13,17-18,20-21,23-24,44,46H,3-4,6,8-9,14-16,19,22,25-43H2,1-2H3/b7-5-,12-10-,13-11-,18-17-,21-20-,24-23-. The van der Waals surface area contributed by atoms with E-state index in [-0.39, 0.29) is 19.2 Å². The number of ether oxygens (including phenoxy) is 2. The van der Waals surface area contributed by atoms with Gasteiger partial charge in [-0.2, -0.15) is 0 Å². The Morgan fingerprint density at radius 3 is 1.41 bits per heavy atom. The minimum absolute atomic E-state index is 0.180. The van der Waals surface area contributed by atoms with Crippen LogP contribution in [0.4, 0.5) is 0 Å². The summed E-state index contributed by atoms with van der Waals surface area (Å²) < 4.78 is 11.1. The van der Waals surface area contributed by atoms with Gasteiger partial charge < -0.3 is 14.6 Å². The van der Waals surface area contributed by atoms with Crippen LogP contribution in [-0.4, -0.2) is 37.0 Å². The zero-order chi connectivity index (χ0) is 35.6. The first-order valence-electron chi connectivity index (χ1n) is 20.5. The molecule has 1 unspecified atom stereocenters. The number of carbonyl (C=O) groups excluding carboxylic acids is 1. The van der Waals surface area contributed by atoms with Gasteiger partial charge in [0, 0.05) is 13.0 Å². The summed E-state index contributed by atoms with van der Waals surface area (Å²) in [6, 6.07) is 0. The van der Waals surface area contributed by atoms with Crippen molar-refractivity contribution < 1.29 is 19.4 Å². The Labute approximate surface area is 304 Å². The molecule has 0 amide bonds. The number of aliphatic hydroxyl groups excluding tert-OH is 1. The smallest absolute Gasteiger partial charge is 0.306 e. The molecule has 0 heterocycles. The van der Waals surface area contributed by atoms with Gasteiger partial charge in [-0.15, -0.1) is 0 Å². The van der Waals surface area contributed by atoms with Crippen LogP contribution in [0.3, 0.4) is 0 Å². The lowest BCUT2D eigenvalue weighted by Crippen LogP contribution is -2.27. The van der Waals surface area contributed by atoms with Crippen molar-refractivity contribution in [2.75, 3.05) is 19.8 Å². The highest BCUT2D eigenvalue weighted by Gasteiger charge is 2.13. The number of rotatable bonds is 37. The third-order valence-electron chi connectivity index (χ3n) is 8.52. The van der Waals surface area contributed by atoms with Crippen molar-refractivity contribution in [1.82, 2.24) is 0 Å². The molecule has 0 saturated carbocycles. The predicted molar refractivity (Wildman–Crippen MR) is 214 cm³/mol. The van der Waals surface area contributed by atoms with E-state index in [2.05, 4.69) is 86.8 Å². The van der Waals surface area contributed by atoms with Crippen molar-refractivity contribution in [2.45, 2.75) is 187 Å². The first kappa shape index (κ1) is 46.8. The Balaban J connectivity index is 3.49. The highest BCUT2D eigenvalue weighted by Crippen LogP contribution is 2.13. The third-order valence-corrected chi connectivity index (χ3v) is 8.52. The van der Waals surface area contributed by atoms with Crippen LogP contribution < -0.4 is 0 Å². The first-order valence-corrected chi connectivity index (χ1v) is 20.5. The van der Waals surface area contributed by atoms with E-state index in [1.165, 1.54) is 109 Å². The van der Waals surface area contributed by atoms with E-state index in [0.29, 0.717) is 13.0 Å². The number of esters is 1. The van der Waals surface area contributed by atoms with Gasteiger partial charge in [-0.25, -0.2) is 0 Å². The van der Waals surface area contributed by atoms with Crippen LogP contribution in [0.5, 0.6) is 0 Å². The van der Waals surface area contributed by atoms with Gasteiger partial charge in [0.15, 0.2) is 0 Å². The quantitative estimate of drug-likeness (QED) is 0.0402. The zero-order valence-electron chi connectivity index (χ0n) is 32.2. The van der Waals surface area contributed by atoms with E-state index in [4.69, 9.17) is 9.47 Å². The van der Waals surface area contributed by atoms with E-state index >= 15 is 0 Å². The fraction of sp³-hybridized carbons (Fsp3) is 0.711. The van der Waals surface area contributed by atoms with Crippen molar-refractivity contribution in [3.8, 4) is 0 Å². The summed E-state index contributed by atoms with van der Waals surface area (Å²) in [7, 11) is 0. The largest absolute Gasteiger partial charge is 0.457 e. The van der Waals surface area contributed by atoms with Crippen LogP contribution >= 0.6 is 0 Å². The highest BCUT2D eigenvalue weighted by atomic mass is 16.6. The minimum atomic E-state index is -0.543. The van der Waals surface area contributed by atoms with Crippen molar-refractivity contribution in [1.29, 1.82) is 0 Å². The molecule has 49 heavy (non-hydrogen) atoms. The maximum atomic E-state index is 12.2. The average molecular weight is 683 g/mol. The summed E-state index contributed by atoms with van der Waals surface area (Å²) >= 11 is 0. The predicted octanol–water partition coefficient (Wildman–Crippen LogP) is 13.4. The molecule has 0 aromatic carbocycles. The number of unbranched alkanes of at least 4 members (excludes halogenated alkanes) is 17. The Bertz CT molecular complexity index is 850. The molecule has 0 aromatic heterocycles. The van der Waals surface area contributed by atoms with Crippen molar-refractivity contribution in [3.05, 3.63) is 72.9 Å². The molecular weight excluding hydrogens is 604 g/mol. The van der Waals surface area contributed by atoms with Gasteiger partial charge in [-0.05, 0) is 77.0 Å². The summed E-state index contributed by atoms with van der Waals surface area (Å²) in [6.45, 7) is 5.17. The van der Waals surface area contributed by atoms with Gasteiger partial charge in [-0.3, -0.25) is 4.79 Å². The number of allylic oxidation sites excluding steroid dienone is 12. The molecule has 0 bridgehead atoms. The molecule has 0 fully saturated rings. The Morgan fingerprint density at radius 2 is 0.918 bits per heavy atom. The van der Waals surface area contributed by atoms with Gasteiger partial charge >= 0.3 is 5.97 Å². The molecule has 1 atom stereocenters. The summed E-state index contributed by atoms with van der Waals surface area (Å²) in [5, 5.41) is 9.57. The van der Waals surface area contributed by atoms with Crippen LogP contribution in [0.25, 0.3) is 0 Å². The van der Waals surface area contributed by atoms with Crippen LogP contribution in [0, 0.1) is 0 Å². The molecule has 1 N–H and O–H groups in total. The maximum Gasteiger partial charge on any atom is 0.306 e. The number of hydrogen-bond acceptors (Lipinski definition) is 4. The summed E-state index contributed by atoms with van der Waals surface area (Å²) in [5.41, 5.74) is 0. The van der Waals surface area contributed by atoms with Crippen molar-refractivity contribution >= 4 is 5.97 Å². The van der Waals surface area contributed by atoms with Gasteiger partial charge in [0.05, 0.1) is 13.2 Å². The second kappa shape index (κ2) is 42.0. The second-order valence-electron chi connectivity index (χ2n) is 13.3. The monoisotopic (exact) mass is 683 g/mol. The molecule has 0 aliphatic carbocycles. The maximum absolute atomic E-state index is 12.2. The summed E-state index contributed by atoms with van der Waals surface area (Å²) in [6.07, 6.45) is 56.7. The molecule has 0 spiro atoms. The molecule has 282 valence electrons. The molecule has 0 saturated heterocycles. The van der Waals surface area contributed by atoms with Gasteiger partial charge in [-0.1, -0.05) is 170 Å². The van der Waals surface area contributed by atoms with Gasteiger partial charge in [0.1, 0.15) is 6.10 Å². The Kier molecular flexibility index (Phi) is 40.1. The molecule has 0 aromatic rings.